The molecule has 0 unspecified atom stereocenters. The van der Waals surface area contributed by atoms with Gasteiger partial charge < -0.3 is 19.1 Å². The van der Waals surface area contributed by atoms with Gasteiger partial charge in [-0.3, -0.25) is 9.59 Å². The molecular weight excluding hydrogens is 450 g/mol. The Morgan fingerprint density at radius 3 is 2.08 bits per heavy atom. The zero-order chi connectivity index (χ0) is 26.0. The first-order valence-electron chi connectivity index (χ1n) is 12.6. The first-order chi connectivity index (χ1) is 17.3. The summed E-state index contributed by atoms with van der Waals surface area (Å²) in [6.45, 7) is 8.43. The second-order valence-electron chi connectivity index (χ2n) is 10.2. The Labute approximate surface area is 215 Å². The Morgan fingerprint density at radius 1 is 0.833 bits per heavy atom. The first kappa shape index (κ1) is 27.2. The fraction of sp³-hybridized carbons (Fsp3) is 0.400. The lowest BCUT2D eigenvalue weighted by atomic mass is 9.94. The molecule has 192 valence electrons. The number of carbonyl (C=O) groups is 2. The second kappa shape index (κ2) is 13.1. The summed E-state index contributed by atoms with van der Waals surface area (Å²) in [5.74, 6) is -0.0969. The molecule has 0 aliphatic carbocycles. The summed E-state index contributed by atoms with van der Waals surface area (Å²) in [5.41, 5.74) is 2.74. The highest BCUT2D eigenvalue weighted by Gasteiger charge is 2.29. The fourth-order valence-electron chi connectivity index (χ4n) is 4.15. The number of benzene rings is 2. The van der Waals surface area contributed by atoms with Crippen molar-refractivity contribution in [3.05, 3.63) is 95.8 Å². The lowest BCUT2D eigenvalue weighted by Crippen LogP contribution is -2.47. The van der Waals surface area contributed by atoms with Gasteiger partial charge in [0.15, 0.2) is 0 Å². The van der Waals surface area contributed by atoms with Gasteiger partial charge in [0.1, 0.15) is 0 Å². The molecule has 0 saturated heterocycles. The molecule has 0 bridgehead atoms. The van der Waals surface area contributed by atoms with Gasteiger partial charge in [0.2, 0.25) is 11.8 Å². The van der Waals surface area contributed by atoms with Gasteiger partial charge in [0, 0.05) is 50.7 Å². The summed E-state index contributed by atoms with van der Waals surface area (Å²) < 4.78 is 7.36. The van der Waals surface area contributed by atoms with Crippen LogP contribution in [0.4, 0.5) is 0 Å². The maximum atomic E-state index is 13.7. The molecule has 36 heavy (non-hydrogen) atoms. The third-order valence-electron chi connectivity index (χ3n) is 6.07. The normalized spacial score (nSPS) is 11.3. The van der Waals surface area contributed by atoms with E-state index in [-0.39, 0.29) is 18.4 Å². The minimum absolute atomic E-state index is 0.0286. The molecule has 0 saturated carbocycles. The molecule has 0 radical (unpaired) electrons. The Morgan fingerprint density at radius 2 is 1.47 bits per heavy atom. The van der Waals surface area contributed by atoms with Crippen molar-refractivity contribution in [2.24, 2.45) is 5.41 Å². The molecule has 0 spiro atoms. The quantitative estimate of drug-likeness (QED) is 0.337. The van der Waals surface area contributed by atoms with Gasteiger partial charge in [-0.15, -0.1) is 0 Å². The molecule has 3 aromatic rings. The Kier molecular flexibility index (Phi) is 9.88. The average molecular weight is 490 g/mol. The van der Waals surface area contributed by atoms with Gasteiger partial charge >= 0.3 is 0 Å². The van der Waals surface area contributed by atoms with Crippen LogP contribution < -0.4 is 0 Å². The number of rotatable bonds is 12. The Balaban J connectivity index is 1.82. The van der Waals surface area contributed by atoms with Crippen LogP contribution in [-0.4, -0.2) is 53.0 Å². The summed E-state index contributed by atoms with van der Waals surface area (Å²) in [7, 11) is 1.65. The summed E-state index contributed by atoms with van der Waals surface area (Å²) in [6, 6.07) is 24.4. The number of carbonyl (C=O) groups excluding carboxylic acids is 2. The van der Waals surface area contributed by atoms with E-state index in [1.165, 1.54) is 5.56 Å². The third-order valence-corrected chi connectivity index (χ3v) is 6.07. The van der Waals surface area contributed by atoms with Crippen LogP contribution in [-0.2, 0) is 34.0 Å². The number of methoxy groups -OCH3 is 1. The smallest absolute Gasteiger partial charge is 0.242 e. The minimum atomic E-state index is -0.567. The van der Waals surface area contributed by atoms with Crippen LogP contribution in [0.5, 0.6) is 0 Å². The van der Waals surface area contributed by atoms with E-state index in [2.05, 4.69) is 22.8 Å². The van der Waals surface area contributed by atoms with Crippen molar-refractivity contribution in [2.45, 2.75) is 46.8 Å². The van der Waals surface area contributed by atoms with Crippen LogP contribution >= 0.6 is 0 Å². The van der Waals surface area contributed by atoms with Crippen molar-refractivity contribution >= 4 is 11.8 Å². The predicted octanol–water partition coefficient (Wildman–Crippen LogP) is 4.98. The van der Waals surface area contributed by atoms with Crippen molar-refractivity contribution < 1.29 is 14.3 Å². The molecule has 0 atom stereocenters. The van der Waals surface area contributed by atoms with Crippen LogP contribution in [0.1, 0.15) is 44.0 Å². The molecule has 2 aromatic carbocycles. The SMILES string of the molecule is COCCCN(CC(=O)N(Cc1ccccc1)Cc1cccn1Cc1ccccc1)C(=O)C(C)(C)C. The molecular formula is C30H39N3O3. The third kappa shape index (κ3) is 8.09. The van der Waals surface area contributed by atoms with Gasteiger partial charge in [0.25, 0.3) is 0 Å². The van der Waals surface area contributed by atoms with Crippen LogP contribution in [0.3, 0.4) is 0 Å². The lowest BCUT2D eigenvalue weighted by Gasteiger charge is -2.32. The largest absolute Gasteiger partial charge is 0.385 e. The molecule has 1 aromatic heterocycles. The predicted molar refractivity (Wildman–Crippen MR) is 143 cm³/mol. The van der Waals surface area contributed by atoms with Crippen molar-refractivity contribution in [1.82, 2.24) is 14.4 Å². The lowest BCUT2D eigenvalue weighted by molar-refractivity contribution is -0.146. The van der Waals surface area contributed by atoms with Crippen LogP contribution in [0.15, 0.2) is 79.0 Å². The Bertz CT molecular complexity index is 1090. The van der Waals surface area contributed by atoms with E-state index in [4.69, 9.17) is 4.74 Å². The molecule has 0 N–H and O–H groups in total. The summed E-state index contributed by atoms with van der Waals surface area (Å²) in [6.07, 6.45) is 2.73. The molecule has 1 heterocycles. The molecule has 6 heteroatoms. The standard InChI is InChI=1S/C30H39N3O3/c1-30(2,3)29(35)32(19-12-20-36-4)24-28(34)33(22-26-15-9-6-10-16-26)23-27-17-11-18-31(27)21-25-13-7-5-8-14-25/h5-11,13-18H,12,19-24H2,1-4H3. The number of ether oxygens (including phenoxy) is 1. The van der Waals surface area contributed by atoms with Crippen LogP contribution in [0, 0.1) is 5.41 Å². The van der Waals surface area contributed by atoms with E-state index in [0.29, 0.717) is 32.7 Å². The fourth-order valence-corrected chi connectivity index (χ4v) is 4.15. The highest BCUT2D eigenvalue weighted by Crippen LogP contribution is 2.19. The maximum absolute atomic E-state index is 13.7. The zero-order valence-electron chi connectivity index (χ0n) is 22.0. The summed E-state index contributed by atoms with van der Waals surface area (Å²) >= 11 is 0. The molecule has 6 nitrogen and oxygen atoms in total. The van der Waals surface area contributed by atoms with E-state index in [1.807, 2.05) is 86.5 Å². The Hall–Kier alpha value is -3.38. The minimum Gasteiger partial charge on any atom is -0.385 e. The first-order valence-corrected chi connectivity index (χ1v) is 12.6. The summed E-state index contributed by atoms with van der Waals surface area (Å²) in [4.78, 5) is 30.4. The molecule has 0 fully saturated rings. The van der Waals surface area contributed by atoms with Gasteiger partial charge in [-0.25, -0.2) is 0 Å². The van der Waals surface area contributed by atoms with Crippen molar-refractivity contribution in [2.75, 3.05) is 26.8 Å². The van der Waals surface area contributed by atoms with E-state index >= 15 is 0 Å². The maximum Gasteiger partial charge on any atom is 0.242 e. The van der Waals surface area contributed by atoms with E-state index in [9.17, 15) is 9.59 Å². The monoisotopic (exact) mass is 489 g/mol. The molecule has 0 aliphatic rings. The zero-order valence-corrected chi connectivity index (χ0v) is 22.0. The number of aromatic nitrogens is 1. The molecule has 3 rings (SSSR count). The topological polar surface area (TPSA) is 54.8 Å². The summed E-state index contributed by atoms with van der Waals surface area (Å²) in [5, 5.41) is 0. The van der Waals surface area contributed by atoms with Crippen molar-refractivity contribution in [3.8, 4) is 0 Å². The second-order valence-corrected chi connectivity index (χ2v) is 10.2. The van der Waals surface area contributed by atoms with Gasteiger partial charge in [-0.2, -0.15) is 0 Å². The van der Waals surface area contributed by atoms with Crippen molar-refractivity contribution in [3.63, 3.8) is 0 Å². The number of hydrogen-bond donors (Lipinski definition) is 0. The number of nitrogens with zero attached hydrogens (tertiary/aromatic N) is 3. The van der Waals surface area contributed by atoms with E-state index in [0.717, 1.165) is 17.8 Å². The van der Waals surface area contributed by atoms with E-state index in [1.54, 1.807) is 12.0 Å². The highest BCUT2D eigenvalue weighted by atomic mass is 16.5. The van der Waals surface area contributed by atoms with Gasteiger partial charge in [-0.05, 0) is 29.7 Å². The van der Waals surface area contributed by atoms with Crippen LogP contribution in [0.25, 0.3) is 0 Å². The van der Waals surface area contributed by atoms with Crippen LogP contribution in [0.2, 0.25) is 0 Å². The molecule has 0 aliphatic heterocycles. The van der Waals surface area contributed by atoms with E-state index < -0.39 is 5.41 Å². The number of amides is 2. The number of hydrogen-bond acceptors (Lipinski definition) is 3. The highest BCUT2D eigenvalue weighted by molar-refractivity contribution is 5.87. The van der Waals surface area contributed by atoms with Crippen molar-refractivity contribution in [1.29, 1.82) is 0 Å². The average Bonchev–Trinajstić information content (AvgIpc) is 3.29. The van der Waals surface area contributed by atoms with Gasteiger partial charge in [-0.1, -0.05) is 81.4 Å². The van der Waals surface area contributed by atoms with Gasteiger partial charge in [0.05, 0.1) is 13.1 Å². The molecule has 2 amide bonds.